The number of rotatable bonds is 6. The predicted octanol–water partition coefficient (Wildman–Crippen LogP) is 3.95. The first-order chi connectivity index (χ1) is 13.6. The van der Waals surface area contributed by atoms with Crippen LogP contribution in [0, 0.1) is 15.9 Å². The van der Waals surface area contributed by atoms with Crippen LogP contribution in [0.4, 0.5) is 28.9 Å². The predicted molar refractivity (Wildman–Crippen MR) is 93.1 cm³/mol. The summed E-state index contributed by atoms with van der Waals surface area (Å²) in [5, 5.41) is 12.7. The SMILES string of the molecule is O=C(COC(=O)C=Cc1cccc(C(F)(F)F)c1)Nc1cc([N+](=O)[O-])ccc1F. The molecule has 1 amide bonds. The Labute approximate surface area is 160 Å². The van der Waals surface area contributed by atoms with Crippen molar-refractivity contribution in [2.75, 3.05) is 11.9 Å². The molecule has 0 aliphatic rings. The number of esters is 1. The zero-order valence-electron chi connectivity index (χ0n) is 14.4. The molecule has 7 nitrogen and oxygen atoms in total. The van der Waals surface area contributed by atoms with Crippen LogP contribution >= 0.6 is 0 Å². The molecule has 2 rings (SSSR count). The number of carbonyl (C=O) groups is 2. The van der Waals surface area contributed by atoms with Gasteiger partial charge in [0.25, 0.3) is 11.6 Å². The van der Waals surface area contributed by atoms with Crippen LogP contribution in [0.25, 0.3) is 6.08 Å². The van der Waals surface area contributed by atoms with Crippen LogP contribution in [-0.2, 0) is 20.5 Å². The van der Waals surface area contributed by atoms with Crippen molar-refractivity contribution in [2.24, 2.45) is 0 Å². The number of anilines is 1. The van der Waals surface area contributed by atoms with Gasteiger partial charge in [-0.1, -0.05) is 12.1 Å². The van der Waals surface area contributed by atoms with E-state index in [1.165, 1.54) is 6.07 Å². The second kappa shape index (κ2) is 8.95. The second-order valence-corrected chi connectivity index (χ2v) is 5.53. The summed E-state index contributed by atoms with van der Waals surface area (Å²) in [6.07, 6.45) is -2.66. The van der Waals surface area contributed by atoms with Gasteiger partial charge in [-0.25, -0.2) is 9.18 Å². The molecule has 2 aromatic rings. The average Bonchev–Trinajstić information content (AvgIpc) is 2.66. The van der Waals surface area contributed by atoms with Gasteiger partial charge in [0, 0.05) is 18.2 Å². The van der Waals surface area contributed by atoms with Crippen molar-refractivity contribution in [3.05, 3.63) is 75.6 Å². The van der Waals surface area contributed by atoms with Gasteiger partial charge in [0.2, 0.25) is 0 Å². The Morgan fingerprint density at radius 2 is 1.90 bits per heavy atom. The summed E-state index contributed by atoms with van der Waals surface area (Å²) in [6, 6.07) is 6.67. The first-order valence-electron chi connectivity index (χ1n) is 7.82. The molecule has 0 saturated carbocycles. The highest BCUT2D eigenvalue weighted by atomic mass is 19.4. The molecule has 2 aromatic carbocycles. The largest absolute Gasteiger partial charge is 0.452 e. The number of alkyl halides is 3. The zero-order chi connectivity index (χ0) is 21.6. The van der Waals surface area contributed by atoms with Gasteiger partial charge in [-0.2, -0.15) is 13.2 Å². The molecule has 0 aliphatic heterocycles. The number of benzene rings is 2. The number of amides is 1. The fourth-order valence-electron chi connectivity index (χ4n) is 2.08. The van der Waals surface area contributed by atoms with Crippen LogP contribution in [0.5, 0.6) is 0 Å². The zero-order valence-corrected chi connectivity index (χ0v) is 14.4. The number of hydrogen-bond acceptors (Lipinski definition) is 5. The minimum absolute atomic E-state index is 0.0832. The van der Waals surface area contributed by atoms with E-state index in [4.69, 9.17) is 0 Å². The van der Waals surface area contributed by atoms with Crippen molar-refractivity contribution in [1.82, 2.24) is 0 Å². The highest BCUT2D eigenvalue weighted by Crippen LogP contribution is 2.29. The fraction of sp³-hybridized carbons (Fsp3) is 0.111. The van der Waals surface area contributed by atoms with Gasteiger partial charge in [0.15, 0.2) is 6.61 Å². The number of nitrogens with one attached hydrogen (secondary N) is 1. The molecule has 0 heterocycles. The first kappa shape index (κ1) is 21.5. The maximum atomic E-state index is 13.6. The molecule has 11 heteroatoms. The smallest absolute Gasteiger partial charge is 0.416 e. The summed E-state index contributed by atoms with van der Waals surface area (Å²) in [4.78, 5) is 33.2. The summed E-state index contributed by atoms with van der Waals surface area (Å²) in [7, 11) is 0. The highest BCUT2D eigenvalue weighted by Gasteiger charge is 2.30. The molecule has 152 valence electrons. The third-order valence-electron chi connectivity index (χ3n) is 3.41. The van der Waals surface area contributed by atoms with Crippen LogP contribution in [-0.4, -0.2) is 23.4 Å². The van der Waals surface area contributed by atoms with E-state index in [1.54, 1.807) is 0 Å². The summed E-state index contributed by atoms with van der Waals surface area (Å²) in [5.74, 6) is -2.93. The van der Waals surface area contributed by atoms with Crippen LogP contribution in [0.15, 0.2) is 48.5 Å². The number of nitrogens with zero attached hydrogens (tertiary/aromatic N) is 1. The van der Waals surface area contributed by atoms with Crippen LogP contribution in [0.3, 0.4) is 0 Å². The van der Waals surface area contributed by atoms with Crippen molar-refractivity contribution in [1.29, 1.82) is 0 Å². The molecule has 0 unspecified atom stereocenters. The van der Waals surface area contributed by atoms with Crippen LogP contribution < -0.4 is 5.32 Å². The Morgan fingerprint density at radius 1 is 1.17 bits per heavy atom. The van der Waals surface area contributed by atoms with Gasteiger partial charge in [0.1, 0.15) is 5.82 Å². The lowest BCUT2D eigenvalue weighted by Gasteiger charge is -2.07. The van der Waals surface area contributed by atoms with Crippen LogP contribution in [0.1, 0.15) is 11.1 Å². The molecule has 29 heavy (non-hydrogen) atoms. The third kappa shape index (κ3) is 6.41. The van der Waals surface area contributed by atoms with E-state index in [0.717, 1.165) is 48.6 Å². The quantitative estimate of drug-likeness (QED) is 0.255. The maximum absolute atomic E-state index is 13.6. The molecule has 0 aliphatic carbocycles. The first-order valence-corrected chi connectivity index (χ1v) is 7.82. The third-order valence-corrected chi connectivity index (χ3v) is 3.41. The Morgan fingerprint density at radius 3 is 2.55 bits per heavy atom. The average molecular weight is 412 g/mol. The molecule has 0 bridgehead atoms. The van der Waals surface area contributed by atoms with Gasteiger partial charge in [0.05, 0.1) is 16.2 Å². The molecule has 0 atom stereocenters. The van der Waals surface area contributed by atoms with Crippen molar-refractivity contribution < 1.29 is 36.8 Å². The lowest BCUT2D eigenvalue weighted by Crippen LogP contribution is -2.20. The molecular weight excluding hydrogens is 400 g/mol. The van der Waals surface area contributed by atoms with Gasteiger partial charge in [-0.05, 0) is 29.8 Å². The standard InChI is InChI=1S/C18H12F4N2O5/c19-14-6-5-13(24(27)28)9-15(14)23-16(25)10-29-17(26)7-4-11-2-1-3-12(8-11)18(20,21)22/h1-9H,10H2,(H,23,25). The van der Waals surface area contributed by atoms with E-state index < -0.39 is 52.3 Å². The minimum Gasteiger partial charge on any atom is -0.452 e. The van der Waals surface area contributed by atoms with Gasteiger partial charge < -0.3 is 10.1 Å². The number of halogens is 4. The minimum atomic E-state index is -4.54. The number of nitro groups is 1. The number of hydrogen-bond donors (Lipinski definition) is 1. The molecule has 1 N–H and O–H groups in total. The van der Waals surface area contributed by atoms with Crippen molar-refractivity contribution in [3.63, 3.8) is 0 Å². The number of ether oxygens (including phenoxy) is 1. The van der Waals surface area contributed by atoms with E-state index in [2.05, 4.69) is 4.74 Å². The number of carbonyl (C=O) groups excluding carboxylic acids is 2. The van der Waals surface area contributed by atoms with E-state index in [0.29, 0.717) is 0 Å². The van der Waals surface area contributed by atoms with Gasteiger partial charge in [-0.3, -0.25) is 14.9 Å². The Balaban J connectivity index is 1.92. The van der Waals surface area contributed by atoms with E-state index in [-0.39, 0.29) is 5.56 Å². The van der Waals surface area contributed by atoms with E-state index in [9.17, 15) is 37.3 Å². The van der Waals surface area contributed by atoms with Gasteiger partial charge in [-0.15, -0.1) is 0 Å². The summed E-state index contributed by atoms with van der Waals surface area (Å²) < 4.78 is 56.1. The summed E-state index contributed by atoms with van der Waals surface area (Å²) in [5.41, 5.74) is -1.74. The molecule has 0 spiro atoms. The van der Waals surface area contributed by atoms with Crippen molar-refractivity contribution in [3.8, 4) is 0 Å². The molecule has 0 aromatic heterocycles. The maximum Gasteiger partial charge on any atom is 0.416 e. The van der Waals surface area contributed by atoms with Crippen LogP contribution in [0.2, 0.25) is 0 Å². The number of non-ortho nitro benzene ring substituents is 1. The normalized spacial score (nSPS) is 11.3. The van der Waals surface area contributed by atoms with Gasteiger partial charge >= 0.3 is 12.1 Å². The van der Waals surface area contributed by atoms with E-state index in [1.807, 2.05) is 5.32 Å². The molecule has 0 radical (unpaired) electrons. The van der Waals surface area contributed by atoms with E-state index >= 15 is 0 Å². The molecule has 0 saturated heterocycles. The van der Waals surface area contributed by atoms with Crippen molar-refractivity contribution >= 4 is 29.3 Å². The highest BCUT2D eigenvalue weighted by molar-refractivity contribution is 5.95. The second-order valence-electron chi connectivity index (χ2n) is 5.53. The van der Waals surface area contributed by atoms with Crippen molar-refractivity contribution in [2.45, 2.75) is 6.18 Å². The summed E-state index contributed by atoms with van der Waals surface area (Å²) in [6.45, 7) is -0.839. The number of nitro benzene ring substituents is 1. The molecular formula is C18H12F4N2O5. The molecule has 0 fully saturated rings. The lowest BCUT2D eigenvalue weighted by atomic mass is 10.1. The monoisotopic (exact) mass is 412 g/mol. The Bertz CT molecular complexity index is 973. The Kier molecular flexibility index (Phi) is 6.65. The topological polar surface area (TPSA) is 98.5 Å². The lowest BCUT2D eigenvalue weighted by molar-refractivity contribution is -0.384. The fourth-order valence-corrected chi connectivity index (χ4v) is 2.08. The Hall–Kier alpha value is -3.76. The summed E-state index contributed by atoms with van der Waals surface area (Å²) >= 11 is 0.